The van der Waals surface area contributed by atoms with Gasteiger partial charge < -0.3 is 20.4 Å². The Balaban J connectivity index is 2.39. The lowest BCUT2D eigenvalue weighted by Gasteiger charge is -2.14. The summed E-state index contributed by atoms with van der Waals surface area (Å²) >= 11 is 6.03. The molecule has 2 aromatic heterocycles. The molecule has 0 aliphatic heterocycles. The van der Waals surface area contributed by atoms with Gasteiger partial charge in [-0.15, -0.1) is 0 Å². The van der Waals surface area contributed by atoms with Gasteiger partial charge in [0.15, 0.2) is 0 Å². The van der Waals surface area contributed by atoms with Gasteiger partial charge >= 0.3 is 0 Å². The van der Waals surface area contributed by atoms with Crippen molar-refractivity contribution in [2.45, 2.75) is 39.7 Å². The highest BCUT2D eigenvalue weighted by molar-refractivity contribution is 6.30. The van der Waals surface area contributed by atoms with Crippen LogP contribution in [0.25, 0.3) is 22.4 Å². The fourth-order valence-corrected chi connectivity index (χ4v) is 3.69. The van der Waals surface area contributed by atoms with Gasteiger partial charge in [-0.05, 0) is 37.1 Å². The number of aromatic nitrogens is 2. The molecule has 0 aliphatic carbocycles. The quantitative estimate of drug-likeness (QED) is 0.506. The first kappa shape index (κ1) is 20.6. The van der Waals surface area contributed by atoms with Gasteiger partial charge in [0, 0.05) is 22.8 Å². The van der Waals surface area contributed by atoms with E-state index < -0.39 is 5.56 Å². The summed E-state index contributed by atoms with van der Waals surface area (Å²) in [5.74, 6) is 0.128. The van der Waals surface area contributed by atoms with E-state index in [2.05, 4.69) is 18.0 Å². The number of hydrogen-bond acceptors (Lipinski definition) is 4. The van der Waals surface area contributed by atoms with Crippen molar-refractivity contribution in [3.8, 4) is 34.2 Å². The molecule has 6 nitrogen and oxygen atoms in total. The van der Waals surface area contributed by atoms with Gasteiger partial charge in [-0.2, -0.15) is 5.26 Å². The first-order chi connectivity index (χ1) is 13.9. The molecule has 0 saturated heterocycles. The number of benzene rings is 1. The van der Waals surface area contributed by atoms with Crippen LogP contribution < -0.4 is 11.3 Å². The largest absolute Gasteiger partial charge is 0.507 e. The van der Waals surface area contributed by atoms with Crippen LogP contribution in [0.5, 0.6) is 5.75 Å². The Morgan fingerprint density at radius 1 is 1.24 bits per heavy atom. The Morgan fingerprint density at radius 2 is 1.93 bits per heavy atom. The molecule has 0 aliphatic rings. The second kappa shape index (κ2) is 8.46. The topological polar surface area (TPSA) is 108 Å². The van der Waals surface area contributed by atoms with Gasteiger partial charge in [0.25, 0.3) is 5.56 Å². The van der Waals surface area contributed by atoms with Crippen LogP contribution in [0.4, 0.5) is 5.82 Å². The van der Waals surface area contributed by atoms with Crippen molar-refractivity contribution in [1.82, 2.24) is 9.55 Å². The Labute approximate surface area is 174 Å². The molecule has 4 N–H and O–H groups in total. The molecule has 3 aromatic rings. The van der Waals surface area contributed by atoms with Crippen molar-refractivity contribution in [3.05, 3.63) is 57.0 Å². The zero-order valence-corrected chi connectivity index (χ0v) is 17.2. The SMILES string of the molecule is CCCCCn1c(N)c(C#N)c(-c2ccc(Cl)cc2)c1-c1c(O)cc(C)[nH]c1=O. The fraction of sp³-hybridized carbons (Fsp3) is 0.273. The van der Waals surface area contributed by atoms with Crippen LogP contribution in [0.15, 0.2) is 35.1 Å². The van der Waals surface area contributed by atoms with E-state index in [1.165, 1.54) is 6.07 Å². The van der Waals surface area contributed by atoms with E-state index in [1.54, 1.807) is 35.8 Å². The van der Waals surface area contributed by atoms with Crippen molar-refractivity contribution >= 4 is 17.4 Å². The van der Waals surface area contributed by atoms with Gasteiger partial charge in [0.2, 0.25) is 0 Å². The van der Waals surface area contributed by atoms with Gasteiger partial charge in [0.1, 0.15) is 28.8 Å². The summed E-state index contributed by atoms with van der Waals surface area (Å²) in [6, 6.07) is 10.6. The van der Waals surface area contributed by atoms with Crippen LogP contribution in [0.2, 0.25) is 5.02 Å². The van der Waals surface area contributed by atoms with E-state index in [0.717, 1.165) is 19.3 Å². The number of hydrogen-bond donors (Lipinski definition) is 3. The average molecular weight is 411 g/mol. The minimum Gasteiger partial charge on any atom is -0.507 e. The minimum atomic E-state index is -0.434. The summed E-state index contributed by atoms with van der Waals surface area (Å²) in [6.07, 6.45) is 2.82. The number of aromatic hydroxyl groups is 1. The number of halogens is 1. The van der Waals surface area contributed by atoms with Crippen LogP contribution in [0.1, 0.15) is 37.4 Å². The second-order valence-electron chi connectivity index (χ2n) is 7.00. The van der Waals surface area contributed by atoms with Crippen LogP contribution in [0.3, 0.4) is 0 Å². The summed E-state index contributed by atoms with van der Waals surface area (Å²) in [7, 11) is 0. The molecule has 0 saturated carbocycles. The van der Waals surface area contributed by atoms with E-state index in [-0.39, 0.29) is 22.7 Å². The maximum atomic E-state index is 12.8. The van der Waals surface area contributed by atoms with Crippen LogP contribution in [-0.4, -0.2) is 14.7 Å². The average Bonchev–Trinajstić information content (AvgIpc) is 2.94. The smallest absolute Gasteiger partial charge is 0.261 e. The predicted octanol–water partition coefficient (Wildman–Crippen LogP) is 4.82. The zero-order chi connectivity index (χ0) is 21.1. The standard InChI is InChI=1S/C22H23ClN4O2/c1-3-4-5-10-27-20(19-17(28)11-13(2)26-22(19)29)18(16(12-24)21(27)25)14-6-8-15(23)9-7-14/h6-9,11H,3-5,10,25H2,1-2H3,(H2,26,28,29). The number of aromatic amines is 1. The number of rotatable bonds is 6. The number of anilines is 1. The summed E-state index contributed by atoms with van der Waals surface area (Å²) in [4.78, 5) is 15.5. The Kier molecular flexibility index (Phi) is 6.00. The number of nitriles is 1. The molecule has 0 radical (unpaired) electrons. The number of nitrogens with two attached hydrogens (primary N) is 1. The number of H-pyrrole nitrogens is 1. The maximum absolute atomic E-state index is 12.8. The Bertz CT molecular complexity index is 1140. The number of nitrogens with zero attached hydrogens (tertiary/aromatic N) is 2. The highest BCUT2D eigenvalue weighted by Crippen LogP contribution is 2.42. The Morgan fingerprint density at radius 3 is 2.52 bits per heavy atom. The molecule has 0 spiro atoms. The number of pyridine rings is 1. The lowest BCUT2D eigenvalue weighted by molar-refractivity contribution is 0.474. The maximum Gasteiger partial charge on any atom is 0.261 e. The van der Waals surface area contributed by atoms with E-state index >= 15 is 0 Å². The van der Waals surface area contributed by atoms with Crippen LogP contribution in [0, 0.1) is 18.3 Å². The highest BCUT2D eigenvalue weighted by Gasteiger charge is 2.27. The van der Waals surface area contributed by atoms with Gasteiger partial charge in [-0.25, -0.2) is 0 Å². The van der Waals surface area contributed by atoms with Crippen molar-refractivity contribution in [1.29, 1.82) is 5.26 Å². The molecule has 0 atom stereocenters. The zero-order valence-electron chi connectivity index (χ0n) is 16.4. The molecular formula is C22H23ClN4O2. The third-order valence-electron chi connectivity index (χ3n) is 4.92. The molecule has 2 heterocycles. The molecular weight excluding hydrogens is 388 g/mol. The molecule has 0 fully saturated rings. The number of nitrogens with one attached hydrogen (secondary N) is 1. The molecule has 0 unspecified atom stereocenters. The number of nitrogen functional groups attached to an aromatic ring is 1. The van der Waals surface area contributed by atoms with Crippen molar-refractivity contribution in [2.75, 3.05) is 5.73 Å². The third kappa shape index (κ3) is 3.87. The predicted molar refractivity (Wildman–Crippen MR) is 116 cm³/mol. The minimum absolute atomic E-state index is 0.102. The van der Waals surface area contributed by atoms with E-state index in [4.69, 9.17) is 17.3 Å². The van der Waals surface area contributed by atoms with Gasteiger partial charge in [-0.1, -0.05) is 43.5 Å². The molecule has 0 amide bonds. The molecule has 29 heavy (non-hydrogen) atoms. The highest BCUT2D eigenvalue weighted by atomic mass is 35.5. The summed E-state index contributed by atoms with van der Waals surface area (Å²) < 4.78 is 1.76. The first-order valence-corrected chi connectivity index (χ1v) is 9.88. The van der Waals surface area contributed by atoms with Crippen molar-refractivity contribution in [3.63, 3.8) is 0 Å². The summed E-state index contributed by atoms with van der Waals surface area (Å²) in [5.41, 5.74) is 8.49. The molecule has 3 rings (SSSR count). The number of unbranched alkanes of at least 4 members (excludes halogenated alkanes) is 2. The van der Waals surface area contributed by atoms with Gasteiger partial charge in [-0.3, -0.25) is 4.79 Å². The van der Waals surface area contributed by atoms with Crippen LogP contribution >= 0.6 is 11.6 Å². The normalized spacial score (nSPS) is 10.8. The summed E-state index contributed by atoms with van der Waals surface area (Å²) in [6.45, 7) is 4.32. The Hall–Kier alpha value is -3.17. The molecule has 1 aromatic carbocycles. The van der Waals surface area contributed by atoms with Crippen molar-refractivity contribution < 1.29 is 5.11 Å². The van der Waals surface area contributed by atoms with Crippen molar-refractivity contribution in [2.24, 2.45) is 0 Å². The second-order valence-corrected chi connectivity index (χ2v) is 7.44. The lowest BCUT2D eigenvalue weighted by Crippen LogP contribution is -2.14. The monoisotopic (exact) mass is 410 g/mol. The fourth-order valence-electron chi connectivity index (χ4n) is 3.56. The lowest BCUT2D eigenvalue weighted by atomic mass is 9.98. The van der Waals surface area contributed by atoms with E-state index in [9.17, 15) is 15.2 Å². The number of aryl methyl sites for hydroxylation is 1. The van der Waals surface area contributed by atoms with E-state index in [1.807, 2.05) is 0 Å². The van der Waals surface area contributed by atoms with E-state index in [0.29, 0.717) is 34.1 Å². The molecule has 7 heteroatoms. The molecule has 0 bridgehead atoms. The van der Waals surface area contributed by atoms with Gasteiger partial charge in [0.05, 0.1) is 5.69 Å². The first-order valence-electron chi connectivity index (χ1n) is 9.50. The molecule has 150 valence electrons. The van der Waals surface area contributed by atoms with Crippen LogP contribution in [-0.2, 0) is 6.54 Å². The summed E-state index contributed by atoms with van der Waals surface area (Å²) in [5, 5.41) is 21.0. The third-order valence-corrected chi connectivity index (χ3v) is 5.17.